The zero-order valence-corrected chi connectivity index (χ0v) is 11.4. The first kappa shape index (κ1) is 13.6. The van der Waals surface area contributed by atoms with Gasteiger partial charge in [0.15, 0.2) is 0 Å². The Morgan fingerprint density at radius 2 is 2.11 bits per heavy atom. The molecule has 0 saturated carbocycles. The van der Waals surface area contributed by atoms with Gasteiger partial charge in [0, 0.05) is 45.8 Å². The zero-order chi connectivity index (χ0) is 12.8. The van der Waals surface area contributed by atoms with Gasteiger partial charge in [-0.05, 0) is 25.7 Å². The summed E-state index contributed by atoms with van der Waals surface area (Å²) in [5.74, 6) is 0.612. The number of ether oxygens (including phenoxy) is 1. The standard InChI is InChI=1S/C13H25N3O2/c1-2-18-13(17)16-7-3-4-12(11-16)10-15-8-5-14-6-9-15/h12,14H,2-11H2,1H3/t12-/m0/s1. The lowest BCUT2D eigenvalue weighted by molar-refractivity contribution is 0.0789. The first-order valence-corrected chi connectivity index (χ1v) is 7.14. The molecule has 18 heavy (non-hydrogen) atoms. The fourth-order valence-corrected chi connectivity index (χ4v) is 2.85. The molecule has 0 bridgehead atoms. The summed E-state index contributed by atoms with van der Waals surface area (Å²) < 4.78 is 5.08. The van der Waals surface area contributed by atoms with Gasteiger partial charge in [-0.15, -0.1) is 0 Å². The first-order chi connectivity index (χ1) is 8.79. The third-order valence-electron chi connectivity index (χ3n) is 3.77. The van der Waals surface area contributed by atoms with Crippen molar-refractivity contribution in [1.29, 1.82) is 0 Å². The molecule has 0 unspecified atom stereocenters. The molecule has 1 atom stereocenters. The topological polar surface area (TPSA) is 44.8 Å². The third-order valence-corrected chi connectivity index (χ3v) is 3.77. The highest BCUT2D eigenvalue weighted by Gasteiger charge is 2.26. The number of carbonyl (C=O) groups excluding carboxylic acids is 1. The van der Waals surface area contributed by atoms with E-state index in [9.17, 15) is 4.79 Å². The van der Waals surface area contributed by atoms with Crippen LogP contribution in [0.2, 0.25) is 0 Å². The summed E-state index contributed by atoms with van der Waals surface area (Å²) in [5, 5.41) is 3.37. The van der Waals surface area contributed by atoms with Crippen LogP contribution in [0.4, 0.5) is 4.79 Å². The van der Waals surface area contributed by atoms with Gasteiger partial charge in [0.1, 0.15) is 0 Å². The minimum absolute atomic E-state index is 0.137. The molecule has 1 amide bonds. The molecule has 2 rings (SSSR count). The van der Waals surface area contributed by atoms with Crippen LogP contribution in [0.25, 0.3) is 0 Å². The summed E-state index contributed by atoms with van der Waals surface area (Å²) in [7, 11) is 0. The molecule has 2 aliphatic rings. The predicted molar refractivity (Wildman–Crippen MR) is 70.6 cm³/mol. The van der Waals surface area contributed by atoms with Crippen molar-refractivity contribution in [2.75, 3.05) is 52.4 Å². The molecule has 0 aromatic carbocycles. The van der Waals surface area contributed by atoms with Crippen LogP contribution >= 0.6 is 0 Å². The molecule has 2 saturated heterocycles. The van der Waals surface area contributed by atoms with E-state index in [4.69, 9.17) is 4.74 Å². The molecule has 1 N–H and O–H groups in total. The highest BCUT2D eigenvalue weighted by molar-refractivity contribution is 5.67. The number of rotatable bonds is 3. The largest absolute Gasteiger partial charge is 0.450 e. The summed E-state index contributed by atoms with van der Waals surface area (Å²) in [6, 6.07) is 0. The van der Waals surface area contributed by atoms with E-state index in [0.29, 0.717) is 12.5 Å². The average molecular weight is 255 g/mol. The van der Waals surface area contributed by atoms with Gasteiger partial charge in [-0.25, -0.2) is 4.79 Å². The molecule has 5 nitrogen and oxygen atoms in total. The molecule has 104 valence electrons. The van der Waals surface area contributed by atoms with Crippen LogP contribution in [0.3, 0.4) is 0 Å². The van der Waals surface area contributed by atoms with Crippen molar-refractivity contribution in [2.45, 2.75) is 19.8 Å². The second kappa shape index (κ2) is 6.95. The van der Waals surface area contributed by atoms with Crippen molar-refractivity contribution >= 4 is 6.09 Å². The van der Waals surface area contributed by atoms with Crippen molar-refractivity contribution in [3.05, 3.63) is 0 Å². The minimum Gasteiger partial charge on any atom is -0.450 e. The Morgan fingerprint density at radius 1 is 1.33 bits per heavy atom. The average Bonchev–Trinajstić information content (AvgIpc) is 2.40. The molecule has 0 radical (unpaired) electrons. The molecular formula is C13H25N3O2. The van der Waals surface area contributed by atoms with Gasteiger partial charge in [-0.1, -0.05) is 0 Å². The van der Waals surface area contributed by atoms with E-state index < -0.39 is 0 Å². The molecule has 0 aromatic rings. The number of hydrogen-bond donors (Lipinski definition) is 1. The molecular weight excluding hydrogens is 230 g/mol. The van der Waals surface area contributed by atoms with Crippen LogP contribution in [0.5, 0.6) is 0 Å². The number of carbonyl (C=O) groups is 1. The van der Waals surface area contributed by atoms with Crippen LogP contribution in [0.1, 0.15) is 19.8 Å². The summed E-state index contributed by atoms with van der Waals surface area (Å²) in [6.07, 6.45) is 2.21. The lowest BCUT2D eigenvalue weighted by Crippen LogP contribution is -2.48. The van der Waals surface area contributed by atoms with E-state index in [1.54, 1.807) is 0 Å². The van der Waals surface area contributed by atoms with Crippen molar-refractivity contribution in [2.24, 2.45) is 5.92 Å². The molecule has 0 aliphatic carbocycles. The Hall–Kier alpha value is -0.810. The second-order valence-corrected chi connectivity index (χ2v) is 5.20. The maximum Gasteiger partial charge on any atom is 0.409 e. The predicted octanol–water partition coefficient (Wildman–Crippen LogP) is 0.760. The van der Waals surface area contributed by atoms with Gasteiger partial charge in [0.25, 0.3) is 0 Å². The summed E-state index contributed by atoms with van der Waals surface area (Å²) >= 11 is 0. The number of nitrogens with one attached hydrogen (secondary N) is 1. The van der Waals surface area contributed by atoms with Crippen molar-refractivity contribution < 1.29 is 9.53 Å². The van der Waals surface area contributed by atoms with Gasteiger partial charge in [-0.2, -0.15) is 0 Å². The Morgan fingerprint density at radius 3 is 2.83 bits per heavy atom. The smallest absolute Gasteiger partial charge is 0.409 e. The number of piperazine rings is 1. The Labute approximate surface area is 109 Å². The van der Waals surface area contributed by atoms with Gasteiger partial charge in [-0.3, -0.25) is 0 Å². The van der Waals surface area contributed by atoms with E-state index in [-0.39, 0.29) is 6.09 Å². The highest BCUT2D eigenvalue weighted by Crippen LogP contribution is 2.18. The lowest BCUT2D eigenvalue weighted by atomic mass is 9.97. The monoisotopic (exact) mass is 255 g/mol. The molecule has 2 heterocycles. The summed E-state index contributed by atoms with van der Waals surface area (Å²) in [5.41, 5.74) is 0. The number of amides is 1. The van der Waals surface area contributed by atoms with E-state index in [0.717, 1.165) is 52.2 Å². The van der Waals surface area contributed by atoms with Crippen LogP contribution in [-0.4, -0.2) is 68.3 Å². The fourth-order valence-electron chi connectivity index (χ4n) is 2.85. The van der Waals surface area contributed by atoms with Crippen LogP contribution in [0.15, 0.2) is 0 Å². The summed E-state index contributed by atoms with van der Waals surface area (Å²) in [4.78, 5) is 16.1. The minimum atomic E-state index is -0.137. The van der Waals surface area contributed by atoms with Gasteiger partial charge >= 0.3 is 6.09 Å². The summed E-state index contributed by atoms with van der Waals surface area (Å²) in [6.45, 7) is 9.63. The van der Waals surface area contributed by atoms with Crippen molar-refractivity contribution in [3.8, 4) is 0 Å². The van der Waals surface area contributed by atoms with E-state index in [1.165, 1.54) is 6.42 Å². The van der Waals surface area contributed by atoms with Gasteiger partial charge < -0.3 is 19.9 Å². The van der Waals surface area contributed by atoms with Crippen molar-refractivity contribution in [3.63, 3.8) is 0 Å². The third kappa shape index (κ3) is 3.85. The Kier molecular flexibility index (Phi) is 5.26. The van der Waals surface area contributed by atoms with Crippen LogP contribution < -0.4 is 5.32 Å². The molecule has 5 heteroatoms. The number of likely N-dealkylation sites (tertiary alicyclic amines) is 1. The first-order valence-electron chi connectivity index (χ1n) is 7.14. The van der Waals surface area contributed by atoms with Gasteiger partial charge in [0.2, 0.25) is 0 Å². The SMILES string of the molecule is CCOC(=O)N1CCC[C@@H](CN2CCNCC2)C1. The molecule has 2 fully saturated rings. The maximum atomic E-state index is 11.7. The van der Waals surface area contributed by atoms with Gasteiger partial charge in [0.05, 0.1) is 6.61 Å². The van der Waals surface area contributed by atoms with Crippen molar-refractivity contribution in [1.82, 2.24) is 15.1 Å². The van der Waals surface area contributed by atoms with Crippen LogP contribution in [0, 0.1) is 5.92 Å². The number of piperidine rings is 1. The van der Waals surface area contributed by atoms with E-state index in [1.807, 2.05) is 11.8 Å². The lowest BCUT2D eigenvalue weighted by Gasteiger charge is -2.36. The quantitative estimate of drug-likeness (QED) is 0.809. The highest BCUT2D eigenvalue weighted by atomic mass is 16.6. The fraction of sp³-hybridized carbons (Fsp3) is 0.923. The maximum absolute atomic E-state index is 11.7. The van der Waals surface area contributed by atoms with E-state index >= 15 is 0 Å². The number of nitrogens with zero attached hydrogens (tertiary/aromatic N) is 2. The molecule has 2 aliphatic heterocycles. The second-order valence-electron chi connectivity index (χ2n) is 5.20. The Balaban J connectivity index is 1.77. The molecule has 0 aromatic heterocycles. The zero-order valence-electron chi connectivity index (χ0n) is 11.4. The Bertz CT molecular complexity index is 267. The molecule has 0 spiro atoms. The normalized spacial score (nSPS) is 26.1. The van der Waals surface area contributed by atoms with E-state index in [2.05, 4.69) is 10.2 Å². The number of hydrogen-bond acceptors (Lipinski definition) is 4. The van der Waals surface area contributed by atoms with Crippen LogP contribution in [-0.2, 0) is 4.74 Å².